The summed E-state index contributed by atoms with van der Waals surface area (Å²) in [6.45, 7) is 3.80. The van der Waals surface area contributed by atoms with Crippen molar-refractivity contribution in [3.8, 4) is 16.8 Å². The first-order chi connectivity index (χ1) is 11.5. The average molecular weight is 328 g/mol. The second-order valence-electron chi connectivity index (χ2n) is 5.76. The Morgan fingerprint density at radius 2 is 1.62 bits per heavy atom. The molecule has 24 heavy (non-hydrogen) atoms. The maximum Gasteiger partial charge on any atom is 0.126 e. The fourth-order valence-corrected chi connectivity index (χ4v) is 2.94. The summed E-state index contributed by atoms with van der Waals surface area (Å²) in [4.78, 5) is 0. The molecule has 1 heterocycles. The summed E-state index contributed by atoms with van der Waals surface area (Å²) in [5.74, 6) is -1.21. The molecule has 0 saturated carbocycles. The molecular formula is C19H18F2N2O. The Bertz CT molecular complexity index is 850. The van der Waals surface area contributed by atoms with Crippen LogP contribution in [0.5, 0.6) is 0 Å². The van der Waals surface area contributed by atoms with Gasteiger partial charge in [-0.25, -0.2) is 13.5 Å². The summed E-state index contributed by atoms with van der Waals surface area (Å²) >= 11 is 0. The van der Waals surface area contributed by atoms with Gasteiger partial charge in [0, 0.05) is 23.9 Å². The van der Waals surface area contributed by atoms with E-state index in [1.807, 2.05) is 38.1 Å². The lowest BCUT2D eigenvalue weighted by molar-refractivity contribution is 0.299. The van der Waals surface area contributed by atoms with Gasteiger partial charge in [0.1, 0.15) is 11.6 Å². The van der Waals surface area contributed by atoms with Gasteiger partial charge < -0.3 is 5.11 Å². The highest BCUT2D eigenvalue weighted by molar-refractivity contribution is 5.69. The third kappa shape index (κ3) is 3.08. The van der Waals surface area contributed by atoms with Gasteiger partial charge in [0.25, 0.3) is 0 Å². The van der Waals surface area contributed by atoms with Gasteiger partial charge in [-0.3, -0.25) is 0 Å². The molecule has 124 valence electrons. The van der Waals surface area contributed by atoms with E-state index in [0.717, 1.165) is 28.6 Å². The summed E-state index contributed by atoms with van der Waals surface area (Å²) in [7, 11) is 0. The molecule has 2 aromatic carbocycles. The van der Waals surface area contributed by atoms with E-state index >= 15 is 0 Å². The van der Waals surface area contributed by atoms with E-state index in [1.165, 1.54) is 12.1 Å². The number of halogens is 2. The second-order valence-corrected chi connectivity index (χ2v) is 5.76. The van der Waals surface area contributed by atoms with E-state index in [-0.39, 0.29) is 6.61 Å². The van der Waals surface area contributed by atoms with Crippen molar-refractivity contribution in [2.24, 2.45) is 0 Å². The van der Waals surface area contributed by atoms with Crippen molar-refractivity contribution in [3.63, 3.8) is 0 Å². The van der Waals surface area contributed by atoms with Crippen molar-refractivity contribution >= 4 is 0 Å². The van der Waals surface area contributed by atoms with E-state index in [4.69, 9.17) is 5.11 Å². The van der Waals surface area contributed by atoms with Crippen molar-refractivity contribution < 1.29 is 13.9 Å². The SMILES string of the molecule is Cc1nn(-c2ccc(CCO)cc2)c(C)c1-c1cc(F)cc(F)c1. The van der Waals surface area contributed by atoms with Gasteiger partial charge >= 0.3 is 0 Å². The van der Waals surface area contributed by atoms with E-state index in [1.54, 1.807) is 4.68 Å². The van der Waals surface area contributed by atoms with Crippen LogP contribution in [0.15, 0.2) is 42.5 Å². The molecule has 3 aromatic rings. The third-order valence-corrected chi connectivity index (χ3v) is 4.02. The number of aryl methyl sites for hydroxylation is 1. The van der Waals surface area contributed by atoms with E-state index < -0.39 is 11.6 Å². The summed E-state index contributed by atoms with van der Waals surface area (Å²) in [5.41, 5.74) is 4.62. The third-order valence-electron chi connectivity index (χ3n) is 4.02. The maximum absolute atomic E-state index is 13.5. The van der Waals surface area contributed by atoms with Gasteiger partial charge in [0.05, 0.1) is 11.4 Å². The summed E-state index contributed by atoms with van der Waals surface area (Å²) in [6.07, 6.45) is 0.602. The molecule has 0 spiro atoms. The molecule has 3 nitrogen and oxygen atoms in total. The minimum Gasteiger partial charge on any atom is -0.396 e. The summed E-state index contributed by atoms with van der Waals surface area (Å²) in [6, 6.07) is 11.2. The predicted octanol–water partition coefficient (Wildman–Crippen LogP) is 3.97. The van der Waals surface area contributed by atoms with Crippen LogP contribution in [-0.2, 0) is 6.42 Å². The van der Waals surface area contributed by atoms with Crippen LogP contribution in [0, 0.1) is 25.5 Å². The Hall–Kier alpha value is -2.53. The number of aromatic nitrogens is 2. The zero-order chi connectivity index (χ0) is 17.3. The van der Waals surface area contributed by atoms with Gasteiger partial charge in [0.15, 0.2) is 0 Å². The molecule has 5 heteroatoms. The van der Waals surface area contributed by atoms with E-state index in [2.05, 4.69) is 5.10 Å². The number of rotatable bonds is 4. The van der Waals surface area contributed by atoms with Gasteiger partial charge in [-0.1, -0.05) is 12.1 Å². The van der Waals surface area contributed by atoms with Crippen LogP contribution in [0.1, 0.15) is 17.0 Å². The Balaban J connectivity index is 2.06. The second kappa shape index (κ2) is 6.53. The summed E-state index contributed by atoms with van der Waals surface area (Å²) in [5, 5.41) is 13.5. The average Bonchev–Trinajstić information content (AvgIpc) is 2.82. The first kappa shape index (κ1) is 16.3. The molecule has 1 aromatic heterocycles. The zero-order valence-electron chi connectivity index (χ0n) is 13.6. The fourth-order valence-electron chi connectivity index (χ4n) is 2.94. The highest BCUT2D eigenvalue weighted by Crippen LogP contribution is 2.29. The van der Waals surface area contributed by atoms with Crippen LogP contribution in [0.25, 0.3) is 16.8 Å². The number of hydrogen-bond donors (Lipinski definition) is 1. The van der Waals surface area contributed by atoms with Gasteiger partial charge in [0.2, 0.25) is 0 Å². The van der Waals surface area contributed by atoms with Gasteiger partial charge in [-0.15, -0.1) is 0 Å². The lowest BCUT2D eigenvalue weighted by atomic mass is 10.0. The smallest absolute Gasteiger partial charge is 0.126 e. The van der Waals surface area contributed by atoms with Crippen molar-refractivity contribution in [1.29, 1.82) is 0 Å². The molecule has 0 amide bonds. The Morgan fingerprint density at radius 3 is 2.21 bits per heavy atom. The van der Waals surface area contributed by atoms with Crippen molar-refractivity contribution in [2.75, 3.05) is 6.61 Å². The van der Waals surface area contributed by atoms with Crippen LogP contribution < -0.4 is 0 Å². The lowest BCUT2D eigenvalue weighted by Crippen LogP contribution is -2.00. The molecule has 0 bridgehead atoms. The molecular weight excluding hydrogens is 310 g/mol. The minimum absolute atomic E-state index is 0.106. The molecule has 1 N–H and O–H groups in total. The molecule has 0 aliphatic rings. The predicted molar refractivity (Wildman–Crippen MR) is 89.2 cm³/mol. The van der Waals surface area contributed by atoms with Gasteiger partial charge in [-0.2, -0.15) is 5.10 Å². The number of hydrogen-bond acceptors (Lipinski definition) is 2. The molecule has 0 unspecified atom stereocenters. The number of aliphatic hydroxyl groups excluding tert-OH is 1. The topological polar surface area (TPSA) is 38.0 Å². The van der Waals surface area contributed by atoms with Crippen LogP contribution in [0.4, 0.5) is 8.78 Å². The normalized spacial score (nSPS) is 11.0. The first-order valence-corrected chi connectivity index (χ1v) is 7.72. The Labute approximate surface area is 139 Å². The molecule has 0 fully saturated rings. The molecule has 0 aliphatic heterocycles. The van der Waals surface area contributed by atoms with Crippen LogP contribution in [-0.4, -0.2) is 21.5 Å². The van der Waals surface area contributed by atoms with Crippen molar-refractivity contribution in [3.05, 3.63) is 71.1 Å². The number of benzene rings is 2. The van der Waals surface area contributed by atoms with Crippen molar-refractivity contribution in [1.82, 2.24) is 9.78 Å². The standard InChI is InChI=1S/C19H18F2N2O/c1-12-19(15-9-16(20)11-17(21)10-15)13(2)23(22-12)18-5-3-14(4-6-18)7-8-24/h3-6,9-11,24H,7-8H2,1-2H3. The largest absolute Gasteiger partial charge is 0.396 e. The molecule has 0 saturated heterocycles. The number of aliphatic hydroxyl groups is 1. The minimum atomic E-state index is -0.607. The van der Waals surface area contributed by atoms with Crippen molar-refractivity contribution in [2.45, 2.75) is 20.3 Å². The lowest BCUT2D eigenvalue weighted by Gasteiger charge is -2.07. The van der Waals surface area contributed by atoms with Crippen LogP contribution in [0.3, 0.4) is 0 Å². The van der Waals surface area contributed by atoms with E-state index in [9.17, 15) is 8.78 Å². The molecule has 0 atom stereocenters. The van der Waals surface area contributed by atoms with E-state index in [0.29, 0.717) is 17.7 Å². The molecule has 3 rings (SSSR count). The van der Waals surface area contributed by atoms with Crippen LogP contribution in [0.2, 0.25) is 0 Å². The first-order valence-electron chi connectivity index (χ1n) is 7.72. The fraction of sp³-hybridized carbons (Fsp3) is 0.211. The number of nitrogens with zero attached hydrogens (tertiary/aromatic N) is 2. The highest BCUT2D eigenvalue weighted by atomic mass is 19.1. The summed E-state index contributed by atoms with van der Waals surface area (Å²) < 4.78 is 28.8. The van der Waals surface area contributed by atoms with Crippen LogP contribution >= 0.6 is 0 Å². The maximum atomic E-state index is 13.5. The van der Waals surface area contributed by atoms with Gasteiger partial charge in [-0.05, 0) is 55.7 Å². The highest BCUT2D eigenvalue weighted by Gasteiger charge is 2.16. The quantitative estimate of drug-likeness (QED) is 0.787. The Kier molecular flexibility index (Phi) is 4.44. The zero-order valence-corrected chi connectivity index (χ0v) is 13.6. The molecule has 0 radical (unpaired) electrons. The molecule has 0 aliphatic carbocycles. The Morgan fingerprint density at radius 1 is 1.00 bits per heavy atom. The monoisotopic (exact) mass is 328 g/mol.